The Labute approximate surface area is 284 Å². The molecular formula is C36H39N7O6. The van der Waals surface area contributed by atoms with Gasteiger partial charge in [-0.15, -0.1) is 0 Å². The summed E-state index contributed by atoms with van der Waals surface area (Å²) in [7, 11) is 4.54. The third kappa shape index (κ3) is 8.30. The van der Waals surface area contributed by atoms with Crippen LogP contribution >= 0.6 is 0 Å². The molecule has 0 saturated heterocycles. The topological polar surface area (TPSA) is 150 Å². The molecule has 13 heteroatoms. The van der Waals surface area contributed by atoms with Crippen LogP contribution in [0.5, 0.6) is 11.8 Å². The number of pyridine rings is 2. The van der Waals surface area contributed by atoms with Crippen molar-refractivity contribution in [2.45, 2.75) is 39.8 Å². The summed E-state index contributed by atoms with van der Waals surface area (Å²) in [6.45, 7) is 4.55. The van der Waals surface area contributed by atoms with Crippen molar-refractivity contribution in [1.29, 1.82) is 0 Å². The largest absolute Gasteiger partial charge is 0.487 e. The number of anilines is 2. The molecule has 2 N–H and O–H groups in total. The summed E-state index contributed by atoms with van der Waals surface area (Å²) in [6, 6.07) is 19.2. The van der Waals surface area contributed by atoms with E-state index in [9.17, 15) is 14.4 Å². The first-order chi connectivity index (χ1) is 23.7. The zero-order valence-electron chi connectivity index (χ0n) is 28.1. The smallest absolute Gasteiger partial charge is 0.412 e. The van der Waals surface area contributed by atoms with E-state index in [0.29, 0.717) is 36.1 Å². The Morgan fingerprint density at radius 2 is 1.80 bits per heavy atom. The highest BCUT2D eigenvalue weighted by Crippen LogP contribution is 2.32. The van der Waals surface area contributed by atoms with Crippen LogP contribution in [-0.4, -0.2) is 65.2 Å². The van der Waals surface area contributed by atoms with Gasteiger partial charge in [-0.1, -0.05) is 24.3 Å². The molecule has 0 spiro atoms. The molecule has 0 saturated carbocycles. The van der Waals surface area contributed by atoms with Gasteiger partial charge < -0.3 is 24.4 Å². The molecule has 0 fully saturated rings. The summed E-state index contributed by atoms with van der Waals surface area (Å²) in [5, 5.41) is 5.19. The molecule has 5 aromatic rings. The van der Waals surface area contributed by atoms with Crippen LogP contribution in [-0.2, 0) is 33.9 Å². The lowest BCUT2D eigenvalue weighted by atomic mass is 10.0. The average molecular weight is 666 g/mol. The second-order valence-corrected chi connectivity index (χ2v) is 11.3. The fraction of sp³-hybridized carbons (Fsp3) is 0.278. The zero-order chi connectivity index (χ0) is 34.9. The molecule has 0 unspecified atom stereocenters. The number of ether oxygens (including phenoxy) is 3. The highest BCUT2D eigenvalue weighted by Gasteiger charge is 2.19. The van der Waals surface area contributed by atoms with Crippen molar-refractivity contribution in [2.24, 2.45) is 0 Å². The first-order valence-corrected chi connectivity index (χ1v) is 15.7. The number of amides is 3. The molecule has 3 aromatic heterocycles. The molecule has 0 bridgehead atoms. The number of hydrogen-bond acceptors (Lipinski definition) is 9. The maximum Gasteiger partial charge on any atom is 0.412 e. The first-order valence-electron chi connectivity index (χ1n) is 15.7. The lowest BCUT2D eigenvalue weighted by Crippen LogP contribution is -2.38. The molecule has 13 nitrogen and oxygen atoms in total. The fourth-order valence-electron chi connectivity index (χ4n) is 5.37. The highest BCUT2D eigenvalue weighted by molar-refractivity contribution is 5.97. The van der Waals surface area contributed by atoms with Gasteiger partial charge in [0, 0.05) is 31.5 Å². The van der Waals surface area contributed by atoms with Crippen LogP contribution < -0.4 is 25.0 Å². The molecule has 3 heterocycles. The Morgan fingerprint density at radius 1 is 0.959 bits per heavy atom. The molecule has 0 aliphatic rings. The Morgan fingerprint density at radius 3 is 2.51 bits per heavy atom. The maximum atomic E-state index is 13.1. The number of carbonyl (C=O) groups is 3. The van der Waals surface area contributed by atoms with Crippen molar-refractivity contribution in [3.05, 3.63) is 101 Å². The minimum atomic E-state index is -0.615. The SMILES string of the molecule is COC(=O)Nc1ccc(CCC(=O)NCC(=O)N(C)c2ccc(C)c(COc3cccc4c3nc(OC)n4Cc3ccccn3)c2C)cn1. The monoisotopic (exact) mass is 665 g/mol. The number of methoxy groups -OCH3 is 2. The quantitative estimate of drug-likeness (QED) is 0.178. The third-order valence-corrected chi connectivity index (χ3v) is 8.17. The van der Waals surface area contributed by atoms with Crippen LogP contribution in [0.15, 0.2) is 73.1 Å². The van der Waals surface area contributed by atoms with Crippen molar-refractivity contribution in [1.82, 2.24) is 24.8 Å². The molecule has 254 valence electrons. The standard InChI is InChI=1S/C36H39N7O6/c1-23-12-15-28(42(3)33(45)20-39-32(44)17-14-25-13-16-31(38-19-25)40-36(46)48-5)24(2)27(23)22-49-30-11-8-10-29-34(30)41-35(47-4)43(29)21-26-9-6-7-18-37-26/h6-13,15-16,18-19H,14,17,20-22H2,1-5H3,(H,39,44)(H,38,40,46). The minimum absolute atomic E-state index is 0.153. The maximum absolute atomic E-state index is 13.1. The number of hydrogen-bond donors (Lipinski definition) is 2. The number of aromatic nitrogens is 4. The number of fused-ring (bicyclic) bond motifs is 1. The normalized spacial score (nSPS) is 10.8. The van der Waals surface area contributed by atoms with E-state index in [1.807, 2.05) is 66.9 Å². The van der Waals surface area contributed by atoms with Gasteiger partial charge in [-0.2, -0.15) is 4.98 Å². The summed E-state index contributed by atoms with van der Waals surface area (Å²) in [5.74, 6) is 0.428. The van der Waals surface area contributed by atoms with Crippen LogP contribution in [0.25, 0.3) is 11.0 Å². The molecule has 0 atom stereocenters. The lowest BCUT2D eigenvalue weighted by Gasteiger charge is -2.23. The molecule has 5 rings (SSSR count). The van der Waals surface area contributed by atoms with Crippen molar-refractivity contribution in [2.75, 3.05) is 38.0 Å². The van der Waals surface area contributed by atoms with Gasteiger partial charge in [0.25, 0.3) is 6.01 Å². The van der Waals surface area contributed by atoms with Gasteiger partial charge in [0.05, 0.1) is 38.5 Å². The number of benzene rings is 2. The van der Waals surface area contributed by atoms with Gasteiger partial charge in [0.1, 0.15) is 23.7 Å². The Balaban J connectivity index is 1.20. The fourth-order valence-corrected chi connectivity index (χ4v) is 5.37. The number of rotatable bonds is 13. The Kier molecular flexibility index (Phi) is 11.0. The van der Waals surface area contributed by atoms with Gasteiger partial charge in [-0.3, -0.25) is 24.5 Å². The lowest BCUT2D eigenvalue weighted by molar-refractivity contribution is -0.124. The van der Waals surface area contributed by atoms with Gasteiger partial charge in [-0.25, -0.2) is 9.78 Å². The molecule has 0 radical (unpaired) electrons. The van der Waals surface area contributed by atoms with Crippen molar-refractivity contribution >= 4 is 40.4 Å². The zero-order valence-corrected chi connectivity index (χ0v) is 28.1. The molecule has 3 amide bonds. The number of likely N-dealkylation sites (N-methyl/N-ethyl adjacent to an activating group) is 1. The van der Waals surface area contributed by atoms with E-state index < -0.39 is 6.09 Å². The minimum Gasteiger partial charge on any atom is -0.487 e. The predicted molar refractivity (Wildman–Crippen MR) is 185 cm³/mol. The number of carbonyl (C=O) groups excluding carboxylic acids is 3. The Bertz CT molecular complexity index is 1940. The summed E-state index contributed by atoms with van der Waals surface area (Å²) < 4.78 is 18.5. The van der Waals surface area contributed by atoms with Crippen LogP contribution in [0.4, 0.5) is 16.3 Å². The summed E-state index contributed by atoms with van der Waals surface area (Å²) in [6.07, 6.45) is 3.31. The van der Waals surface area contributed by atoms with Gasteiger partial charge in [-0.05, 0) is 78.9 Å². The third-order valence-electron chi connectivity index (χ3n) is 8.17. The van der Waals surface area contributed by atoms with E-state index in [-0.39, 0.29) is 31.4 Å². The van der Waals surface area contributed by atoms with Crippen molar-refractivity contribution in [3.63, 3.8) is 0 Å². The summed E-state index contributed by atoms with van der Waals surface area (Å²) >= 11 is 0. The second-order valence-electron chi connectivity index (χ2n) is 11.3. The van der Waals surface area contributed by atoms with E-state index in [2.05, 4.69) is 25.3 Å². The number of imidazole rings is 1. The predicted octanol–water partition coefficient (Wildman–Crippen LogP) is 4.97. The van der Waals surface area contributed by atoms with E-state index >= 15 is 0 Å². The van der Waals surface area contributed by atoms with Gasteiger partial charge in [0.15, 0.2) is 0 Å². The number of aryl methyl sites for hydroxylation is 2. The number of para-hydroxylation sites is 1. The van der Waals surface area contributed by atoms with Crippen LogP contribution in [0.3, 0.4) is 0 Å². The van der Waals surface area contributed by atoms with Crippen molar-refractivity contribution in [3.8, 4) is 11.8 Å². The molecule has 49 heavy (non-hydrogen) atoms. The number of nitrogens with one attached hydrogen (secondary N) is 2. The highest BCUT2D eigenvalue weighted by atomic mass is 16.5. The van der Waals surface area contributed by atoms with Crippen LogP contribution in [0.1, 0.15) is 34.4 Å². The second kappa shape index (κ2) is 15.7. The van der Waals surface area contributed by atoms with E-state index in [1.165, 1.54) is 7.11 Å². The van der Waals surface area contributed by atoms with E-state index in [0.717, 1.165) is 39.2 Å². The molecule has 0 aliphatic heterocycles. The Hall–Kier alpha value is -5.98. The number of nitrogens with zero attached hydrogens (tertiary/aromatic N) is 5. The summed E-state index contributed by atoms with van der Waals surface area (Å²) in [5.41, 5.74) is 6.80. The summed E-state index contributed by atoms with van der Waals surface area (Å²) in [4.78, 5) is 51.8. The van der Waals surface area contributed by atoms with Gasteiger partial charge >= 0.3 is 6.09 Å². The van der Waals surface area contributed by atoms with E-state index in [1.54, 1.807) is 43.6 Å². The molecule has 0 aliphatic carbocycles. The molecule has 2 aromatic carbocycles. The van der Waals surface area contributed by atoms with Crippen molar-refractivity contribution < 1.29 is 28.6 Å². The van der Waals surface area contributed by atoms with Crippen LogP contribution in [0, 0.1) is 13.8 Å². The van der Waals surface area contributed by atoms with Crippen LogP contribution in [0.2, 0.25) is 0 Å². The first kappa shape index (κ1) is 34.4. The van der Waals surface area contributed by atoms with Gasteiger partial charge in [0.2, 0.25) is 11.8 Å². The molecular weight excluding hydrogens is 626 g/mol. The average Bonchev–Trinajstić information content (AvgIpc) is 3.48. The van der Waals surface area contributed by atoms with E-state index in [4.69, 9.17) is 14.5 Å².